The van der Waals surface area contributed by atoms with Crippen molar-refractivity contribution >= 4 is 45.7 Å². The summed E-state index contributed by atoms with van der Waals surface area (Å²) in [6.07, 6.45) is 0.0795. The SMILES string of the molecule is C=CCOC(=O)N(C(=O)OCC=C)[C@H](CSSCC(N)C(=O)O)C(=O)O. The standard InChI is InChI=1S/C14H20N2O8S2/c1-3-5-23-13(21)16(14(22)24-6-4-2)10(12(19)20)8-26-25-7-9(15)11(17)18/h3-4,9-10H,1-2,5-8,15H2,(H,17,18)(H,19,20)/t9?,10-/m1/s1. The average molecular weight is 408 g/mol. The fourth-order valence-corrected chi connectivity index (χ4v) is 3.60. The third kappa shape index (κ3) is 8.78. The molecule has 0 aromatic rings. The highest BCUT2D eigenvalue weighted by molar-refractivity contribution is 8.76. The van der Waals surface area contributed by atoms with Crippen LogP contribution in [0.2, 0.25) is 0 Å². The van der Waals surface area contributed by atoms with Crippen LogP contribution in [0.5, 0.6) is 0 Å². The largest absolute Gasteiger partial charge is 0.480 e. The third-order valence-electron chi connectivity index (χ3n) is 2.51. The summed E-state index contributed by atoms with van der Waals surface area (Å²) in [5.41, 5.74) is 5.33. The first-order valence-electron chi connectivity index (χ1n) is 7.06. The fraction of sp³-hybridized carbons (Fsp3) is 0.429. The number of amides is 2. The van der Waals surface area contributed by atoms with E-state index in [1.807, 2.05) is 0 Å². The molecule has 0 saturated carbocycles. The first kappa shape index (κ1) is 23.8. The van der Waals surface area contributed by atoms with Crippen molar-refractivity contribution in [1.82, 2.24) is 4.90 Å². The van der Waals surface area contributed by atoms with Gasteiger partial charge in [0.15, 0.2) is 6.04 Å². The molecule has 0 saturated heterocycles. The van der Waals surface area contributed by atoms with Gasteiger partial charge >= 0.3 is 24.1 Å². The van der Waals surface area contributed by atoms with Crippen molar-refractivity contribution < 1.29 is 38.9 Å². The van der Waals surface area contributed by atoms with Crippen LogP contribution in [-0.4, -0.2) is 76.0 Å². The van der Waals surface area contributed by atoms with Crippen LogP contribution in [0.3, 0.4) is 0 Å². The predicted molar refractivity (Wildman–Crippen MR) is 96.9 cm³/mol. The van der Waals surface area contributed by atoms with Gasteiger partial charge in [-0.1, -0.05) is 46.9 Å². The van der Waals surface area contributed by atoms with E-state index in [1.54, 1.807) is 0 Å². The molecule has 0 aliphatic rings. The molecule has 0 aliphatic carbocycles. The number of nitrogens with zero attached hydrogens (tertiary/aromatic N) is 1. The number of hydrogen-bond donors (Lipinski definition) is 3. The Labute approximate surface area is 157 Å². The van der Waals surface area contributed by atoms with Gasteiger partial charge in [-0.2, -0.15) is 4.90 Å². The predicted octanol–water partition coefficient (Wildman–Crippen LogP) is 1.18. The van der Waals surface area contributed by atoms with Crippen LogP contribution >= 0.6 is 21.6 Å². The number of hydrogen-bond acceptors (Lipinski definition) is 9. The molecule has 0 aliphatic heterocycles. The quantitative estimate of drug-likeness (QED) is 0.242. The molecule has 0 aromatic carbocycles. The lowest BCUT2D eigenvalue weighted by molar-refractivity contribution is -0.141. The highest BCUT2D eigenvalue weighted by Gasteiger charge is 2.37. The van der Waals surface area contributed by atoms with Crippen molar-refractivity contribution in [1.29, 1.82) is 0 Å². The second-order valence-corrected chi connectivity index (χ2v) is 7.02. The molecule has 0 rings (SSSR count). The van der Waals surface area contributed by atoms with Gasteiger partial charge in [0, 0.05) is 11.5 Å². The van der Waals surface area contributed by atoms with Gasteiger partial charge in [-0.3, -0.25) is 4.79 Å². The second kappa shape index (κ2) is 13.1. The molecule has 2 amide bonds. The minimum Gasteiger partial charge on any atom is -0.480 e. The normalized spacial score (nSPS) is 12.3. The lowest BCUT2D eigenvalue weighted by Gasteiger charge is -2.25. The number of nitrogens with two attached hydrogens (primary N) is 1. The summed E-state index contributed by atoms with van der Waals surface area (Å²) < 4.78 is 9.45. The Morgan fingerprint density at radius 1 is 0.962 bits per heavy atom. The van der Waals surface area contributed by atoms with E-state index in [0.717, 1.165) is 21.6 Å². The zero-order chi connectivity index (χ0) is 20.1. The van der Waals surface area contributed by atoms with Crippen molar-refractivity contribution in [2.45, 2.75) is 12.1 Å². The van der Waals surface area contributed by atoms with Crippen molar-refractivity contribution in [3.8, 4) is 0 Å². The molecule has 146 valence electrons. The van der Waals surface area contributed by atoms with Crippen LogP contribution < -0.4 is 5.73 Å². The van der Waals surface area contributed by atoms with E-state index in [1.165, 1.54) is 12.2 Å². The van der Waals surface area contributed by atoms with Crippen LogP contribution in [0, 0.1) is 0 Å². The van der Waals surface area contributed by atoms with Crippen LogP contribution in [0.4, 0.5) is 9.59 Å². The van der Waals surface area contributed by atoms with E-state index in [-0.39, 0.29) is 24.7 Å². The Hall–Kier alpha value is -2.18. The van der Waals surface area contributed by atoms with Crippen LogP contribution in [0.25, 0.3) is 0 Å². The summed E-state index contributed by atoms with van der Waals surface area (Å²) >= 11 is 0. The number of carboxylic acids is 2. The van der Waals surface area contributed by atoms with Crippen LogP contribution in [0.1, 0.15) is 0 Å². The summed E-state index contributed by atoms with van der Waals surface area (Å²) in [7, 11) is 1.94. The Kier molecular flexibility index (Phi) is 12.0. The number of rotatable bonds is 12. The number of carbonyl (C=O) groups excluding carboxylic acids is 2. The van der Waals surface area contributed by atoms with Gasteiger partial charge in [0.05, 0.1) is 0 Å². The smallest absolute Gasteiger partial charge is 0.420 e. The van der Waals surface area contributed by atoms with E-state index in [0.29, 0.717) is 4.90 Å². The first-order valence-corrected chi connectivity index (χ1v) is 9.55. The van der Waals surface area contributed by atoms with E-state index in [4.69, 9.17) is 20.3 Å². The number of aliphatic carboxylic acids is 2. The maximum absolute atomic E-state index is 12.0. The number of imide groups is 1. The van der Waals surface area contributed by atoms with Crippen LogP contribution in [-0.2, 0) is 19.1 Å². The molecule has 0 fully saturated rings. The van der Waals surface area contributed by atoms with Gasteiger partial charge in [-0.25, -0.2) is 14.4 Å². The monoisotopic (exact) mass is 408 g/mol. The molecule has 0 aromatic heterocycles. The lowest BCUT2D eigenvalue weighted by atomic mass is 10.3. The van der Waals surface area contributed by atoms with Gasteiger partial charge < -0.3 is 25.4 Å². The first-order chi connectivity index (χ1) is 12.3. The molecule has 0 spiro atoms. The Balaban J connectivity index is 5.06. The zero-order valence-electron chi connectivity index (χ0n) is 13.7. The molecular weight excluding hydrogens is 388 g/mol. The number of carboxylic acid groups (broad SMARTS) is 2. The van der Waals surface area contributed by atoms with E-state index in [2.05, 4.69) is 13.2 Å². The molecule has 4 N–H and O–H groups in total. The highest BCUT2D eigenvalue weighted by atomic mass is 33.1. The number of ether oxygens (including phenoxy) is 2. The molecular formula is C14H20N2O8S2. The summed E-state index contributed by atoms with van der Waals surface area (Å²) in [6.45, 7) is 6.24. The molecule has 0 radical (unpaired) electrons. The van der Waals surface area contributed by atoms with Gasteiger partial charge in [0.2, 0.25) is 0 Å². The molecule has 2 atom stereocenters. The molecule has 10 nitrogen and oxygen atoms in total. The van der Waals surface area contributed by atoms with E-state index < -0.39 is 36.2 Å². The third-order valence-corrected chi connectivity index (χ3v) is 4.94. The molecule has 0 heterocycles. The minimum atomic E-state index is -1.59. The van der Waals surface area contributed by atoms with Gasteiger partial charge in [-0.05, 0) is 0 Å². The lowest BCUT2D eigenvalue weighted by Crippen LogP contribution is -2.50. The maximum Gasteiger partial charge on any atom is 0.420 e. The fourth-order valence-electron chi connectivity index (χ4n) is 1.29. The average Bonchev–Trinajstić information content (AvgIpc) is 2.59. The molecule has 12 heteroatoms. The van der Waals surface area contributed by atoms with E-state index >= 15 is 0 Å². The van der Waals surface area contributed by atoms with Crippen LogP contribution in [0.15, 0.2) is 25.3 Å². The molecule has 0 bridgehead atoms. The summed E-state index contributed by atoms with van der Waals surface area (Å²) in [4.78, 5) is 46.5. The maximum atomic E-state index is 12.0. The topological polar surface area (TPSA) is 156 Å². The molecule has 26 heavy (non-hydrogen) atoms. The van der Waals surface area contributed by atoms with Crippen molar-refractivity contribution in [2.24, 2.45) is 5.73 Å². The summed E-state index contributed by atoms with van der Waals surface area (Å²) in [5, 5.41) is 18.0. The van der Waals surface area contributed by atoms with Gasteiger partial charge in [0.25, 0.3) is 0 Å². The molecule has 1 unspecified atom stereocenters. The van der Waals surface area contributed by atoms with Gasteiger partial charge in [0.1, 0.15) is 19.3 Å². The second-order valence-electron chi connectivity index (χ2n) is 4.47. The van der Waals surface area contributed by atoms with Crippen molar-refractivity contribution in [2.75, 3.05) is 24.7 Å². The zero-order valence-corrected chi connectivity index (χ0v) is 15.4. The van der Waals surface area contributed by atoms with E-state index in [9.17, 15) is 24.3 Å². The van der Waals surface area contributed by atoms with Crippen molar-refractivity contribution in [3.63, 3.8) is 0 Å². The number of carbonyl (C=O) groups is 4. The minimum absolute atomic E-state index is 0.00810. The summed E-state index contributed by atoms with van der Waals surface area (Å²) in [6, 6.07) is -2.72. The Bertz CT molecular complexity index is 519. The Morgan fingerprint density at radius 3 is 1.81 bits per heavy atom. The van der Waals surface area contributed by atoms with Crippen molar-refractivity contribution in [3.05, 3.63) is 25.3 Å². The summed E-state index contributed by atoms with van der Waals surface area (Å²) in [5.74, 6) is -2.89. The highest BCUT2D eigenvalue weighted by Crippen LogP contribution is 2.25. The van der Waals surface area contributed by atoms with Gasteiger partial charge in [-0.15, -0.1) is 0 Å². The Morgan fingerprint density at radius 2 is 1.42 bits per heavy atom.